The number of carboxylic acids is 2. The quantitative estimate of drug-likeness (QED) is 0.574. The van der Waals surface area contributed by atoms with Crippen molar-refractivity contribution < 1.29 is 19.8 Å². The molecule has 1 aromatic rings. The standard InChI is InChI=1S/C10H12N4O4S/c11-10(8(17)18)1-3(19-9-12-2-13-14-9)4-5(6(4)10)7(15)16/h2-6H,1,11H2,(H,15,16)(H,17,18)(H,12,13,14)/t3-,4?,5?,6?,10?/m1/s1. The lowest BCUT2D eigenvalue weighted by Crippen LogP contribution is -2.50. The number of nitrogens with two attached hydrogens (primary N) is 1. The number of thioether (sulfide) groups is 1. The van der Waals surface area contributed by atoms with Gasteiger partial charge in [-0.1, -0.05) is 11.8 Å². The van der Waals surface area contributed by atoms with Crippen LogP contribution in [0.15, 0.2) is 11.5 Å². The molecule has 2 saturated carbocycles. The van der Waals surface area contributed by atoms with Gasteiger partial charge in [-0.2, -0.15) is 0 Å². The van der Waals surface area contributed by atoms with E-state index >= 15 is 0 Å². The van der Waals surface area contributed by atoms with Crippen molar-refractivity contribution in [1.82, 2.24) is 15.2 Å². The van der Waals surface area contributed by atoms with E-state index in [9.17, 15) is 14.7 Å². The van der Waals surface area contributed by atoms with Crippen molar-refractivity contribution in [2.24, 2.45) is 23.5 Å². The van der Waals surface area contributed by atoms with Gasteiger partial charge < -0.3 is 20.9 Å². The van der Waals surface area contributed by atoms with Crippen LogP contribution in [0.2, 0.25) is 0 Å². The molecule has 0 aliphatic heterocycles. The van der Waals surface area contributed by atoms with Gasteiger partial charge in [-0.25, -0.2) is 0 Å². The van der Waals surface area contributed by atoms with Gasteiger partial charge in [-0.3, -0.25) is 9.59 Å². The fraction of sp³-hybridized carbons (Fsp3) is 0.600. The highest BCUT2D eigenvalue weighted by molar-refractivity contribution is 7.99. The summed E-state index contributed by atoms with van der Waals surface area (Å²) in [6.07, 6.45) is 1.66. The van der Waals surface area contributed by atoms with Crippen LogP contribution in [0.5, 0.6) is 0 Å². The van der Waals surface area contributed by atoms with Gasteiger partial charge in [-0.15, -0.1) is 10.2 Å². The van der Waals surface area contributed by atoms with E-state index in [0.717, 1.165) is 0 Å². The molecule has 0 amide bonds. The van der Waals surface area contributed by atoms with E-state index in [4.69, 9.17) is 10.8 Å². The second-order valence-electron chi connectivity index (χ2n) is 4.97. The lowest BCUT2D eigenvalue weighted by Gasteiger charge is -2.23. The van der Waals surface area contributed by atoms with Crippen molar-refractivity contribution in [1.29, 1.82) is 0 Å². The molecule has 0 bridgehead atoms. The van der Waals surface area contributed by atoms with Gasteiger partial charge in [0.05, 0.1) is 5.92 Å². The third-order valence-corrected chi connectivity index (χ3v) is 5.19. The Kier molecular flexibility index (Phi) is 2.58. The van der Waals surface area contributed by atoms with Gasteiger partial charge in [0.2, 0.25) is 0 Å². The highest BCUT2D eigenvalue weighted by Gasteiger charge is 2.74. The number of H-pyrrole nitrogens is 1. The summed E-state index contributed by atoms with van der Waals surface area (Å²) in [5, 5.41) is 26.2. The van der Waals surface area contributed by atoms with Gasteiger partial charge >= 0.3 is 11.9 Å². The van der Waals surface area contributed by atoms with Crippen LogP contribution in [-0.2, 0) is 9.59 Å². The first-order valence-electron chi connectivity index (χ1n) is 5.73. The molecule has 2 aliphatic rings. The fourth-order valence-electron chi connectivity index (χ4n) is 3.13. The molecule has 102 valence electrons. The molecule has 2 aliphatic carbocycles. The van der Waals surface area contributed by atoms with E-state index in [2.05, 4.69) is 15.2 Å². The summed E-state index contributed by atoms with van der Waals surface area (Å²) in [5.74, 6) is -3.49. The van der Waals surface area contributed by atoms with Crippen molar-refractivity contribution in [2.45, 2.75) is 22.4 Å². The Labute approximate surface area is 111 Å². The Morgan fingerprint density at radius 1 is 1.53 bits per heavy atom. The van der Waals surface area contributed by atoms with Crippen LogP contribution in [0.3, 0.4) is 0 Å². The molecule has 0 saturated heterocycles. The van der Waals surface area contributed by atoms with Gasteiger partial charge in [0.25, 0.3) is 0 Å². The third-order valence-electron chi connectivity index (χ3n) is 3.98. The second kappa shape index (κ2) is 3.94. The van der Waals surface area contributed by atoms with Crippen LogP contribution in [-0.4, -0.2) is 48.1 Å². The minimum atomic E-state index is -1.45. The van der Waals surface area contributed by atoms with Crippen LogP contribution < -0.4 is 5.73 Å². The first-order chi connectivity index (χ1) is 8.95. The molecular weight excluding hydrogens is 272 g/mol. The topological polar surface area (TPSA) is 142 Å². The molecule has 0 aromatic carbocycles. The van der Waals surface area contributed by atoms with Crippen molar-refractivity contribution >= 4 is 23.7 Å². The molecule has 8 nitrogen and oxygen atoms in total. The van der Waals surface area contributed by atoms with Crippen LogP contribution >= 0.6 is 11.8 Å². The summed E-state index contributed by atoms with van der Waals surface area (Å²) < 4.78 is 0. The van der Waals surface area contributed by atoms with E-state index in [1.807, 2.05) is 0 Å². The second-order valence-corrected chi connectivity index (χ2v) is 6.20. The summed E-state index contributed by atoms with van der Waals surface area (Å²) in [7, 11) is 0. The normalized spacial score (nSPS) is 39.8. The predicted molar refractivity (Wildman–Crippen MR) is 63.3 cm³/mol. The van der Waals surface area contributed by atoms with Gasteiger partial charge in [-0.05, 0) is 12.3 Å². The SMILES string of the molecule is NC1(C(=O)O)C[C@@H](Sc2nnc[nH]2)C2C(C(=O)O)C21. The average Bonchev–Trinajstić information content (AvgIpc) is 2.77. The largest absolute Gasteiger partial charge is 0.481 e. The van der Waals surface area contributed by atoms with E-state index in [-0.39, 0.29) is 17.6 Å². The summed E-state index contributed by atoms with van der Waals surface area (Å²) in [4.78, 5) is 25.3. The Morgan fingerprint density at radius 3 is 2.79 bits per heavy atom. The number of hydrogen-bond donors (Lipinski definition) is 4. The molecule has 3 rings (SSSR count). The number of aromatic amines is 1. The summed E-state index contributed by atoms with van der Waals surface area (Å²) in [5.41, 5.74) is 4.46. The van der Waals surface area contributed by atoms with Gasteiger partial charge in [0.15, 0.2) is 5.16 Å². The number of aliphatic carboxylic acids is 2. The van der Waals surface area contributed by atoms with Crippen molar-refractivity contribution in [3.05, 3.63) is 6.33 Å². The highest BCUT2D eigenvalue weighted by atomic mass is 32.2. The van der Waals surface area contributed by atoms with Crippen LogP contribution in [0.1, 0.15) is 6.42 Å². The number of nitrogens with zero attached hydrogens (tertiary/aromatic N) is 2. The summed E-state index contributed by atoms with van der Waals surface area (Å²) in [6, 6.07) is 0. The highest BCUT2D eigenvalue weighted by Crippen LogP contribution is 2.65. The van der Waals surface area contributed by atoms with Gasteiger partial charge in [0.1, 0.15) is 11.9 Å². The molecule has 0 radical (unpaired) electrons. The maximum atomic E-state index is 11.3. The van der Waals surface area contributed by atoms with E-state index in [0.29, 0.717) is 5.16 Å². The molecule has 4 unspecified atom stereocenters. The molecular formula is C10H12N4O4S. The fourth-order valence-corrected chi connectivity index (χ4v) is 4.49. The molecule has 5 N–H and O–H groups in total. The number of aromatic nitrogens is 3. The van der Waals surface area contributed by atoms with Gasteiger partial charge in [0, 0.05) is 11.2 Å². The van der Waals surface area contributed by atoms with Crippen molar-refractivity contribution in [2.75, 3.05) is 0 Å². The number of fused-ring (bicyclic) bond motifs is 1. The number of carboxylic acid groups (broad SMARTS) is 2. The third kappa shape index (κ3) is 1.72. The average molecular weight is 284 g/mol. The Balaban J connectivity index is 1.84. The molecule has 19 heavy (non-hydrogen) atoms. The number of nitrogens with one attached hydrogen (secondary N) is 1. The molecule has 5 atom stereocenters. The molecule has 0 spiro atoms. The maximum Gasteiger partial charge on any atom is 0.324 e. The number of carbonyl (C=O) groups is 2. The number of hydrogen-bond acceptors (Lipinski definition) is 6. The monoisotopic (exact) mass is 284 g/mol. The van der Waals surface area contributed by atoms with E-state index in [1.54, 1.807) is 0 Å². The van der Waals surface area contributed by atoms with Crippen molar-refractivity contribution in [3.63, 3.8) is 0 Å². The number of rotatable bonds is 4. The molecule has 1 heterocycles. The lowest BCUT2D eigenvalue weighted by atomic mass is 9.91. The zero-order valence-electron chi connectivity index (χ0n) is 9.68. The summed E-state index contributed by atoms with van der Waals surface area (Å²) >= 11 is 1.31. The molecule has 2 fully saturated rings. The maximum absolute atomic E-state index is 11.3. The lowest BCUT2D eigenvalue weighted by molar-refractivity contribution is -0.145. The Hall–Kier alpha value is -1.61. The molecule has 9 heteroatoms. The minimum absolute atomic E-state index is 0.167. The van der Waals surface area contributed by atoms with Crippen molar-refractivity contribution in [3.8, 4) is 0 Å². The molecule has 1 aromatic heterocycles. The van der Waals surface area contributed by atoms with Crippen LogP contribution in [0, 0.1) is 17.8 Å². The predicted octanol–water partition coefficient (Wildman–Crippen LogP) is -0.602. The smallest absolute Gasteiger partial charge is 0.324 e. The minimum Gasteiger partial charge on any atom is -0.481 e. The van der Waals surface area contributed by atoms with E-state index < -0.39 is 29.3 Å². The first kappa shape index (κ1) is 12.4. The zero-order chi connectivity index (χ0) is 13.8. The van der Waals surface area contributed by atoms with E-state index in [1.165, 1.54) is 18.1 Å². The first-order valence-corrected chi connectivity index (χ1v) is 6.61. The zero-order valence-corrected chi connectivity index (χ0v) is 10.5. The van der Waals surface area contributed by atoms with Crippen LogP contribution in [0.4, 0.5) is 0 Å². The Bertz CT molecular complexity index is 536. The van der Waals surface area contributed by atoms with Crippen LogP contribution in [0.25, 0.3) is 0 Å². The Morgan fingerprint density at radius 2 is 2.26 bits per heavy atom. The summed E-state index contributed by atoms with van der Waals surface area (Å²) in [6.45, 7) is 0.